The van der Waals surface area contributed by atoms with Gasteiger partial charge in [0.15, 0.2) is 0 Å². The van der Waals surface area contributed by atoms with Gasteiger partial charge in [0, 0.05) is 6.54 Å². The summed E-state index contributed by atoms with van der Waals surface area (Å²) in [6.07, 6.45) is 3.79. The average molecular weight is 186 g/mol. The molecule has 0 aromatic rings. The lowest BCUT2D eigenvalue weighted by atomic mass is 10.0. The molecular weight excluding hydrogens is 168 g/mol. The van der Waals surface area contributed by atoms with Gasteiger partial charge in [-0.1, -0.05) is 12.8 Å². The van der Waals surface area contributed by atoms with E-state index in [0.29, 0.717) is 6.54 Å². The molecule has 0 saturated heterocycles. The van der Waals surface area contributed by atoms with E-state index >= 15 is 0 Å². The molecule has 4 nitrogen and oxygen atoms in total. The zero-order valence-electron chi connectivity index (χ0n) is 8.05. The third kappa shape index (κ3) is 2.97. The van der Waals surface area contributed by atoms with Crippen molar-refractivity contribution < 1.29 is 9.90 Å². The molecule has 1 amide bonds. The summed E-state index contributed by atoms with van der Waals surface area (Å²) in [5.74, 6) is -0.374. The number of nitrogens with one attached hydrogen (secondary N) is 1. The third-order valence-electron chi connectivity index (χ3n) is 2.70. The van der Waals surface area contributed by atoms with Crippen molar-refractivity contribution in [1.82, 2.24) is 5.32 Å². The van der Waals surface area contributed by atoms with Gasteiger partial charge in [-0.3, -0.25) is 4.79 Å². The summed E-state index contributed by atoms with van der Waals surface area (Å²) in [6.45, 7) is 2.18. The highest BCUT2D eigenvalue weighted by Crippen LogP contribution is 2.28. The molecule has 1 rings (SSSR count). The van der Waals surface area contributed by atoms with Crippen molar-refractivity contribution in [1.29, 1.82) is 0 Å². The van der Waals surface area contributed by atoms with Crippen LogP contribution in [0.25, 0.3) is 0 Å². The number of amides is 1. The van der Waals surface area contributed by atoms with Gasteiger partial charge >= 0.3 is 0 Å². The molecule has 1 unspecified atom stereocenters. The van der Waals surface area contributed by atoms with E-state index in [2.05, 4.69) is 5.32 Å². The van der Waals surface area contributed by atoms with E-state index in [1.165, 1.54) is 0 Å². The normalized spacial score (nSPS) is 22.9. The molecule has 13 heavy (non-hydrogen) atoms. The zero-order valence-corrected chi connectivity index (χ0v) is 8.05. The Morgan fingerprint density at radius 1 is 1.62 bits per heavy atom. The molecule has 0 aliphatic heterocycles. The number of carbonyl (C=O) groups excluding carboxylic acids is 1. The molecule has 1 saturated carbocycles. The molecule has 0 spiro atoms. The predicted octanol–water partition coefficient (Wildman–Crippen LogP) is -0.245. The van der Waals surface area contributed by atoms with Crippen molar-refractivity contribution in [3.63, 3.8) is 0 Å². The van der Waals surface area contributed by atoms with Gasteiger partial charge in [-0.05, 0) is 19.8 Å². The van der Waals surface area contributed by atoms with Crippen LogP contribution in [0.15, 0.2) is 0 Å². The molecule has 4 heteroatoms. The molecule has 0 radical (unpaired) electrons. The van der Waals surface area contributed by atoms with Crippen molar-refractivity contribution in [2.45, 2.75) is 44.2 Å². The van der Waals surface area contributed by atoms with Crippen molar-refractivity contribution in [3.8, 4) is 0 Å². The molecular formula is C9H18N2O2. The van der Waals surface area contributed by atoms with E-state index in [-0.39, 0.29) is 11.9 Å². The second-order valence-electron chi connectivity index (χ2n) is 3.94. The first-order valence-electron chi connectivity index (χ1n) is 4.79. The number of hydrogen-bond acceptors (Lipinski definition) is 3. The first-order chi connectivity index (χ1) is 6.03. The molecule has 1 aliphatic carbocycles. The molecule has 4 N–H and O–H groups in total. The Morgan fingerprint density at radius 2 is 2.15 bits per heavy atom. The van der Waals surface area contributed by atoms with Gasteiger partial charge in [0.2, 0.25) is 5.91 Å². The molecule has 1 atom stereocenters. The smallest absolute Gasteiger partial charge is 0.234 e. The van der Waals surface area contributed by atoms with Gasteiger partial charge in [-0.25, -0.2) is 0 Å². The molecule has 0 aromatic heterocycles. The van der Waals surface area contributed by atoms with E-state index < -0.39 is 5.60 Å². The number of aliphatic hydroxyl groups is 1. The van der Waals surface area contributed by atoms with Crippen molar-refractivity contribution in [2.75, 3.05) is 6.54 Å². The van der Waals surface area contributed by atoms with E-state index in [1.54, 1.807) is 6.92 Å². The van der Waals surface area contributed by atoms with Crippen LogP contribution in [0.3, 0.4) is 0 Å². The predicted molar refractivity (Wildman–Crippen MR) is 50.1 cm³/mol. The number of nitrogens with two attached hydrogens (primary N) is 1. The number of primary amides is 1. The second-order valence-corrected chi connectivity index (χ2v) is 3.94. The monoisotopic (exact) mass is 186 g/mol. The van der Waals surface area contributed by atoms with Crippen LogP contribution in [0.1, 0.15) is 32.6 Å². The summed E-state index contributed by atoms with van der Waals surface area (Å²) in [5.41, 5.74) is 4.47. The lowest BCUT2D eigenvalue weighted by Crippen LogP contribution is -2.46. The Bertz CT molecular complexity index is 188. The summed E-state index contributed by atoms with van der Waals surface area (Å²) in [5, 5.41) is 12.8. The molecule has 76 valence electrons. The van der Waals surface area contributed by atoms with E-state index in [1.807, 2.05) is 0 Å². The summed E-state index contributed by atoms with van der Waals surface area (Å²) >= 11 is 0. The summed E-state index contributed by atoms with van der Waals surface area (Å²) in [4.78, 5) is 10.7. The van der Waals surface area contributed by atoms with Crippen LogP contribution in [0.4, 0.5) is 0 Å². The molecule has 0 bridgehead atoms. The maximum Gasteiger partial charge on any atom is 0.234 e. The summed E-state index contributed by atoms with van der Waals surface area (Å²) in [6, 6.07) is -0.357. The fourth-order valence-corrected chi connectivity index (χ4v) is 1.65. The Kier molecular flexibility index (Phi) is 3.27. The van der Waals surface area contributed by atoms with Crippen LogP contribution in [-0.4, -0.2) is 29.2 Å². The van der Waals surface area contributed by atoms with Gasteiger partial charge in [0.1, 0.15) is 0 Å². The first kappa shape index (κ1) is 10.5. The van der Waals surface area contributed by atoms with Crippen LogP contribution in [0.5, 0.6) is 0 Å². The van der Waals surface area contributed by atoms with E-state index in [0.717, 1.165) is 25.7 Å². The minimum Gasteiger partial charge on any atom is -0.389 e. The Hall–Kier alpha value is -0.610. The fraction of sp³-hybridized carbons (Fsp3) is 0.889. The van der Waals surface area contributed by atoms with Crippen LogP contribution < -0.4 is 11.1 Å². The second kappa shape index (κ2) is 4.07. The molecule has 0 heterocycles. The topological polar surface area (TPSA) is 75.3 Å². The standard InChI is InChI=1S/C9H18N2O2/c1-7(8(10)12)11-6-9(13)4-2-3-5-9/h7,11,13H,2-6H2,1H3,(H2,10,12). The van der Waals surface area contributed by atoms with E-state index in [9.17, 15) is 9.90 Å². The van der Waals surface area contributed by atoms with Crippen molar-refractivity contribution in [3.05, 3.63) is 0 Å². The molecule has 0 aromatic carbocycles. The highest BCUT2D eigenvalue weighted by atomic mass is 16.3. The van der Waals surface area contributed by atoms with E-state index in [4.69, 9.17) is 5.73 Å². The molecule has 1 aliphatic rings. The van der Waals surface area contributed by atoms with Crippen LogP contribution in [0.2, 0.25) is 0 Å². The van der Waals surface area contributed by atoms with Crippen LogP contribution in [-0.2, 0) is 4.79 Å². The van der Waals surface area contributed by atoms with Crippen molar-refractivity contribution >= 4 is 5.91 Å². The van der Waals surface area contributed by atoms with Crippen LogP contribution in [0, 0.1) is 0 Å². The lowest BCUT2D eigenvalue weighted by molar-refractivity contribution is -0.119. The third-order valence-corrected chi connectivity index (χ3v) is 2.70. The maximum atomic E-state index is 10.7. The summed E-state index contributed by atoms with van der Waals surface area (Å²) < 4.78 is 0. The minimum atomic E-state index is -0.607. The maximum absolute atomic E-state index is 10.7. The molecule has 1 fully saturated rings. The number of carbonyl (C=O) groups is 1. The number of rotatable bonds is 4. The Labute approximate surface area is 78.5 Å². The Balaban J connectivity index is 2.28. The van der Waals surface area contributed by atoms with Gasteiger partial charge in [0.05, 0.1) is 11.6 Å². The van der Waals surface area contributed by atoms with Crippen LogP contribution >= 0.6 is 0 Å². The SMILES string of the molecule is CC(NCC1(O)CCCC1)C(N)=O. The van der Waals surface area contributed by atoms with Crippen molar-refractivity contribution in [2.24, 2.45) is 5.73 Å². The van der Waals surface area contributed by atoms with Gasteiger partial charge in [-0.2, -0.15) is 0 Å². The largest absolute Gasteiger partial charge is 0.389 e. The quantitative estimate of drug-likeness (QED) is 0.567. The number of hydrogen-bond donors (Lipinski definition) is 3. The van der Waals surface area contributed by atoms with Gasteiger partial charge in [0.25, 0.3) is 0 Å². The highest BCUT2D eigenvalue weighted by molar-refractivity contribution is 5.79. The fourth-order valence-electron chi connectivity index (χ4n) is 1.65. The first-order valence-corrected chi connectivity index (χ1v) is 4.79. The minimum absolute atomic E-state index is 0.357. The van der Waals surface area contributed by atoms with Gasteiger partial charge < -0.3 is 16.2 Å². The highest BCUT2D eigenvalue weighted by Gasteiger charge is 2.31. The van der Waals surface area contributed by atoms with Gasteiger partial charge in [-0.15, -0.1) is 0 Å². The lowest BCUT2D eigenvalue weighted by Gasteiger charge is -2.24. The summed E-state index contributed by atoms with van der Waals surface area (Å²) in [7, 11) is 0. The Morgan fingerprint density at radius 3 is 2.62 bits per heavy atom. The zero-order chi connectivity index (χ0) is 9.90. The average Bonchev–Trinajstić information content (AvgIpc) is 2.48.